The molecular weight excluding hydrogens is 323 g/mol. The molecule has 0 atom stereocenters. The molecule has 0 amide bonds. The summed E-state index contributed by atoms with van der Waals surface area (Å²) >= 11 is 11.9. The van der Waals surface area contributed by atoms with Gasteiger partial charge in [-0.25, -0.2) is 4.98 Å². The number of H-pyrrole nitrogens is 1. The molecule has 1 heterocycles. The molecule has 2 aromatic carbocycles. The second-order valence-electron chi connectivity index (χ2n) is 4.62. The topological polar surface area (TPSA) is 66.0 Å². The molecule has 0 spiro atoms. The van der Waals surface area contributed by atoms with Crippen LogP contribution in [0.5, 0.6) is 0 Å². The quantitative estimate of drug-likeness (QED) is 0.688. The lowest BCUT2D eigenvalue weighted by Gasteiger charge is -2.03. The molecule has 6 heteroatoms. The fourth-order valence-electron chi connectivity index (χ4n) is 2.04. The molecular formula is C16H10Cl2N2O2. The van der Waals surface area contributed by atoms with Gasteiger partial charge in [0, 0.05) is 16.7 Å². The summed E-state index contributed by atoms with van der Waals surface area (Å²) in [6.07, 6.45) is 1.28. The Morgan fingerprint density at radius 2 is 1.95 bits per heavy atom. The number of aromatic nitrogens is 2. The van der Waals surface area contributed by atoms with Crippen molar-refractivity contribution in [2.45, 2.75) is 0 Å². The molecule has 1 aromatic heterocycles. The normalized spacial score (nSPS) is 11.8. The van der Waals surface area contributed by atoms with Crippen LogP contribution >= 0.6 is 23.2 Å². The Hall–Kier alpha value is -2.30. The number of halogens is 2. The van der Waals surface area contributed by atoms with Crippen LogP contribution in [0, 0.1) is 0 Å². The van der Waals surface area contributed by atoms with Crippen molar-refractivity contribution in [3.05, 3.63) is 74.1 Å². The van der Waals surface area contributed by atoms with E-state index in [9.17, 15) is 9.90 Å². The number of hydrogen-bond acceptors (Lipinski definition) is 3. The van der Waals surface area contributed by atoms with Crippen LogP contribution in [0.2, 0.25) is 10.0 Å². The van der Waals surface area contributed by atoms with Crippen LogP contribution in [0.15, 0.2) is 47.3 Å². The average molecular weight is 333 g/mol. The van der Waals surface area contributed by atoms with E-state index >= 15 is 0 Å². The molecule has 110 valence electrons. The van der Waals surface area contributed by atoms with Gasteiger partial charge >= 0.3 is 0 Å². The van der Waals surface area contributed by atoms with E-state index in [1.165, 1.54) is 6.08 Å². The SMILES string of the molecule is O=c1[nH]c2ccc(Cl)cc2nc1C=C(O)c1ccccc1Cl. The minimum absolute atomic E-state index is 0.0761. The number of rotatable bonds is 2. The van der Waals surface area contributed by atoms with Crippen LogP contribution in [0.4, 0.5) is 0 Å². The highest BCUT2D eigenvalue weighted by molar-refractivity contribution is 6.32. The molecule has 3 aromatic rings. The van der Waals surface area contributed by atoms with Gasteiger partial charge in [0.15, 0.2) is 0 Å². The van der Waals surface area contributed by atoms with Crippen molar-refractivity contribution in [1.29, 1.82) is 0 Å². The number of aliphatic hydroxyl groups excluding tert-OH is 1. The third-order valence-electron chi connectivity index (χ3n) is 3.10. The fraction of sp³-hybridized carbons (Fsp3) is 0. The molecule has 3 rings (SSSR count). The molecule has 4 nitrogen and oxygen atoms in total. The molecule has 0 radical (unpaired) electrons. The van der Waals surface area contributed by atoms with Crippen molar-refractivity contribution < 1.29 is 5.11 Å². The summed E-state index contributed by atoms with van der Waals surface area (Å²) < 4.78 is 0. The second-order valence-corrected chi connectivity index (χ2v) is 5.47. The highest BCUT2D eigenvalue weighted by atomic mass is 35.5. The minimum Gasteiger partial charge on any atom is -0.507 e. The lowest BCUT2D eigenvalue weighted by Crippen LogP contribution is -2.12. The zero-order valence-electron chi connectivity index (χ0n) is 11.2. The van der Waals surface area contributed by atoms with Gasteiger partial charge in [-0.1, -0.05) is 35.3 Å². The first-order valence-corrected chi connectivity index (χ1v) is 7.15. The zero-order valence-corrected chi connectivity index (χ0v) is 12.7. The van der Waals surface area contributed by atoms with E-state index in [1.807, 2.05) is 0 Å². The lowest BCUT2D eigenvalue weighted by atomic mass is 10.1. The molecule has 2 N–H and O–H groups in total. The number of aliphatic hydroxyl groups is 1. The Labute approximate surface area is 135 Å². The lowest BCUT2D eigenvalue weighted by molar-refractivity contribution is 0.515. The first kappa shape index (κ1) is 14.6. The summed E-state index contributed by atoms with van der Waals surface area (Å²) in [5, 5.41) is 11.1. The molecule has 0 fully saturated rings. The first-order chi connectivity index (χ1) is 10.5. The maximum Gasteiger partial charge on any atom is 0.274 e. The van der Waals surface area contributed by atoms with Crippen LogP contribution in [-0.4, -0.2) is 15.1 Å². The average Bonchev–Trinajstić information content (AvgIpc) is 2.49. The predicted molar refractivity (Wildman–Crippen MR) is 89.3 cm³/mol. The largest absolute Gasteiger partial charge is 0.507 e. The van der Waals surface area contributed by atoms with Gasteiger partial charge in [-0.05, 0) is 30.3 Å². The van der Waals surface area contributed by atoms with Crippen LogP contribution < -0.4 is 5.56 Å². The van der Waals surface area contributed by atoms with Gasteiger partial charge < -0.3 is 10.1 Å². The van der Waals surface area contributed by atoms with Crippen LogP contribution in [0.3, 0.4) is 0 Å². The number of nitrogens with one attached hydrogen (secondary N) is 1. The number of fused-ring (bicyclic) bond motifs is 1. The van der Waals surface area contributed by atoms with E-state index in [4.69, 9.17) is 23.2 Å². The molecule has 0 aliphatic heterocycles. The molecule has 0 saturated heterocycles. The van der Waals surface area contributed by atoms with Gasteiger partial charge in [-0.3, -0.25) is 4.79 Å². The smallest absolute Gasteiger partial charge is 0.274 e. The molecule has 0 bridgehead atoms. The van der Waals surface area contributed by atoms with E-state index in [0.717, 1.165) is 0 Å². The van der Waals surface area contributed by atoms with Crippen molar-refractivity contribution in [1.82, 2.24) is 9.97 Å². The molecule has 0 unspecified atom stereocenters. The Kier molecular flexibility index (Phi) is 3.88. The van der Waals surface area contributed by atoms with Gasteiger partial charge in [0.25, 0.3) is 5.56 Å². The molecule has 0 aliphatic rings. The summed E-state index contributed by atoms with van der Waals surface area (Å²) in [4.78, 5) is 18.9. The van der Waals surface area contributed by atoms with E-state index in [0.29, 0.717) is 26.6 Å². The third kappa shape index (κ3) is 2.84. The Balaban J connectivity index is 2.14. The number of hydrogen-bond donors (Lipinski definition) is 2. The predicted octanol–water partition coefficient (Wildman–Crippen LogP) is 4.29. The monoisotopic (exact) mass is 332 g/mol. The Bertz CT molecular complexity index is 948. The maximum absolute atomic E-state index is 12.0. The van der Waals surface area contributed by atoms with Crippen molar-refractivity contribution in [2.24, 2.45) is 0 Å². The zero-order chi connectivity index (χ0) is 15.7. The van der Waals surface area contributed by atoms with E-state index in [1.54, 1.807) is 42.5 Å². The molecule has 0 saturated carbocycles. The second kappa shape index (κ2) is 5.83. The summed E-state index contributed by atoms with van der Waals surface area (Å²) in [7, 11) is 0. The van der Waals surface area contributed by atoms with E-state index < -0.39 is 5.56 Å². The maximum atomic E-state index is 12.0. The van der Waals surface area contributed by atoms with E-state index in [2.05, 4.69) is 9.97 Å². The van der Waals surface area contributed by atoms with E-state index in [-0.39, 0.29) is 11.5 Å². The molecule has 22 heavy (non-hydrogen) atoms. The van der Waals surface area contributed by atoms with Crippen LogP contribution in [-0.2, 0) is 0 Å². The van der Waals surface area contributed by atoms with Crippen LogP contribution in [0.1, 0.15) is 11.3 Å². The fourth-order valence-corrected chi connectivity index (χ4v) is 2.44. The highest BCUT2D eigenvalue weighted by Gasteiger charge is 2.08. The summed E-state index contributed by atoms with van der Waals surface area (Å²) in [6.45, 7) is 0. The van der Waals surface area contributed by atoms with Crippen molar-refractivity contribution >= 4 is 46.1 Å². The minimum atomic E-state index is -0.409. The van der Waals surface area contributed by atoms with Gasteiger partial charge in [-0.2, -0.15) is 0 Å². The van der Waals surface area contributed by atoms with Crippen molar-refractivity contribution in [3.63, 3.8) is 0 Å². The standard InChI is InChI=1S/C16H10Cl2N2O2/c17-9-5-6-12-13(7-9)19-14(16(22)20-12)8-15(21)10-3-1-2-4-11(10)18/h1-8,21H,(H,20,22). The van der Waals surface area contributed by atoms with Gasteiger partial charge in [-0.15, -0.1) is 0 Å². The Morgan fingerprint density at radius 3 is 2.73 bits per heavy atom. The van der Waals surface area contributed by atoms with Gasteiger partial charge in [0.1, 0.15) is 11.5 Å². The highest BCUT2D eigenvalue weighted by Crippen LogP contribution is 2.23. The number of aromatic amines is 1. The number of benzene rings is 2. The summed E-state index contributed by atoms with van der Waals surface area (Å²) in [6, 6.07) is 11.8. The van der Waals surface area contributed by atoms with Gasteiger partial charge in [0.05, 0.1) is 16.1 Å². The summed E-state index contributed by atoms with van der Waals surface area (Å²) in [5.74, 6) is -0.134. The van der Waals surface area contributed by atoms with Gasteiger partial charge in [0.2, 0.25) is 0 Å². The third-order valence-corrected chi connectivity index (χ3v) is 3.67. The number of nitrogens with zero attached hydrogens (tertiary/aromatic N) is 1. The first-order valence-electron chi connectivity index (χ1n) is 6.40. The Morgan fingerprint density at radius 1 is 1.18 bits per heavy atom. The molecule has 0 aliphatic carbocycles. The van der Waals surface area contributed by atoms with Crippen LogP contribution in [0.25, 0.3) is 22.9 Å². The summed E-state index contributed by atoms with van der Waals surface area (Å²) in [5.41, 5.74) is 1.20. The van der Waals surface area contributed by atoms with Crippen molar-refractivity contribution in [3.8, 4) is 0 Å². The van der Waals surface area contributed by atoms with Crippen molar-refractivity contribution in [2.75, 3.05) is 0 Å².